The third-order valence-corrected chi connectivity index (χ3v) is 1.77. The molecule has 0 aliphatic rings. The second-order valence-corrected chi connectivity index (χ2v) is 2.86. The fourth-order valence-electron chi connectivity index (χ4n) is 0.753. The van der Waals surface area contributed by atoms with Crippen LogP contribution in [0.3, 0.4) is 0 Å². The first-order valence-electron chi connectivity index (χ1n) is 4.73. The second kappa shape index (κ2) is 7.53. The van der Waals surface area contributed by atoms with Crippen LogP contribution in [-0.4, -0.2) is 6.21 Å². The maximum absolute atomic E-state index is 4.29. The van der Waals surface area contributed by atoms with E-state index in [1.807, 2.05) is 44.4 Å². The van der Waals surface area contributed by atoms with Gasteiger partial charge in [0.25, 0.3) is 0 Å². The first-order chi connectivity index (χ1) is 6.24. The van der Waals surface area contributed by atoms with Gasteiger partial charge in [-0.25, -0.2) is 0 Å². The van der Waals surface area contributed by atoms with Crippen molar-refractivity contribution in [3.05, 3.63) is 35.6 Å². The van der Waals surface area contributed by atoms with Gasteiger partial charge in [0.1, 0.15) is 0 Å². The lowest BCUT2D eigenvalue weighted by Crippen LogP contribution is -1.75. The zero-order valence-corrected chi connectivity index (χ0v) is 9.04. The summed E-state index contributed by atoms with van der Waals surface area (Å²) < 4.78 is 0. The summed E-state index contributed by atoms with van der Waals surface area (Å²) in [6, 6.07) is 0. The maximum Gasteiger partial charge on any atom is 0.0583 e. The maximum atomic E-state index is 4.29. The largest absolute Gasteiger partial charge is 0.257 e. The van der Waals surface area contributed by atoms with Crippen LogP contribution in [0.2, 0.25) is 0 Å². The molecule has 0 aliphatic carbocycles. The fraction of sp³-hybridized carbons (Fsp3) is 0.417. The minimum Gasteiger partial charge on any atom is -0.257 e. The van der Waals surface area contributed by atoms with Crippen molar-refractivity contribution in [3.63, 3.8) is 0 Å². The molecule has 0 radical (unpaired) electrons. The molecule has 0 aromatic carbocycles. The topological polar surface area (TPSA) is 12.4 Å². The third kappa shape index (κ3) is 6.09. The molecule has 0 rings (SSSR count). The lowest BCUT2D eigenvalue weighted by atomic mass is 10.2. The Morgan fingerprint density at radius 1 is 1.31 bits per heavy atom. The molecule has 0 saturated heterocycles. The Bertz CT molecular complexity index is 242. The molecule has 72 valence electrons. The van der Waals surface area contributed by atoms with Crippen LogP contribution in [0.15, 0.2) is 40.6 Å². The van der Waals surface area contributed by atoms with Crippen molar-refractivity contribution < 1.29 is 0 Å². The molecule has 13 heavy (non-hydrogen) atoms. The minimum atomic E-state index is 1.00. The highest BCUT2D eigenvalue weighted by Gasteiger charge is 1.82. The summed E-state index contributed by atoms with van der Waals surface area (Å²) in [7, 11) is 0. The lowest BCUT2D eigenvalue weighted by Gasteiger charge is -1.91. The SMILES string of the molecule is C/C=C\C(=C/C)N=CC=C(C)CC. The average Bonchev–Trinajstić information content (AvgIpc) is 2.16. The molecule has 0 aliphatic heterocycles. The molecule has 0 aromatic heterocycles. The van der Waals surface area contributed by atoms with Gasteiger partial charge in [0.2, 0.25) is 0 Å². The number of aliphatic imine (C=N–C) groups is 1. The van der Waals surface area contributed by atoms with Crippen LogP contribution in [0.1, 0.15) is 34.1 Å². The van der Waals surface area contributed by atoms with Gasteiger partial charge in [0.15, 0.2) is 0 Å². The Kier molecular flexibility index (Phi) is 6.89. The van der Waals surface area contributed by atoms with Crippen LogP contribution in [0.5, 0.6) is 0 Å². The Labute approximate surface area is 81.6 Å². The van der Waals surface area contributed by atoms with E-state index in [4.69, 9.17) is 0 Å². The van der Waals surface area contributed by atoms with E-state index in [1.54, 1.807) is 0 Å². The van der Waals surface area contributed by atoms with Crippen molar-refractivity contribution in [2.75, 3.05) is 0 Å². The summed E-state index contributed by atoms with van der Waals surface area (Å²) in [5.74, 6) is 0. The van der Waals surface area contributed by atoms with E-state index in [2.05, 4.69) is 18.8 Å². The van der Waals surface area contributed by atoms with Crippen LogP contribution >= 0.6 is 0 Å². The van der Waals surface area contributed by atoms with Gasteiger partial charge in [-0.3, -0.25) is 4.99 Å². The number of allylic oxidation sites excluding steroid dienone is 5. The van der Waals surface area contributed by atoms with Crippen LogP contribution in [-0.2, 0) is 0 Å². The Balaban J connectivity index is 4.25. The monoisotopic (exact) mass is 177 g/mol. The first kappa shape index (κ1) is 11.9. The molecule has 0 spiro atoms. The van der Waals surface area contributed by atoms with E-state index in [9.17, 15) is 0 Å². The molecule has 0 bridgehead atoms. The molecular formula is C12H19N. The minimum absolute atomic E-state index is 1.00. The molecule has 0 aromatic rings. The van der Waals surface area contributed by atoms with Gasteiger partial charge in [-0.1, -0.05) is 24.6 Å². The second-order valence-electron chi connectivity index (χ2n) is 2.86. The van der Waals surface area contributed by atoms with Crippen molar-refractivity contribution in [3.8, 4) is 0 Å². The molecular weight excluding hydrogens is 158 g/mol. The van der Waals surface area contributed by atoms with Gasteiger partial charge in [-0.05, 0) is 39.3 Å². The van der Waals surface area contributed by atoms with Crippen molar-refractivity contribution in [2.24, 2.45) is 4.99 Å². The summed E-state index contributed by atoms with van der Waals surface area (Å²) in [6.45, 7) is 8.23. The first-order valence-corrected chi connectivity index (χ1v) is 4.73. The van der Waals surface area contributed by atoms with Crippen LogP contribution in [0.25, 0.3) is 0 Å². The Morgan fingerprint density at radius 3 is 2.46 bits per heavy atom. The standard InChI is InChI=1S/C12H19N/c1-5-8-12(7-3)13-10-9-11(4)6-2/h5,7-10H,6H2,1-4H3/b8-5-,11-9?,12-7+,13-10?. The van der Waals surface area contributed by atoms with Gasteiger partial charge in [-0.15, -0.1) is 0 Å². The third-order valence-electron chi connectivity index (χ3n) is 1.77. The number of nitrogens with zero attached hydrogens (tertiary/aromatic N) is 1. The van der Waals surface area contributed by atoms with Crippen LogP contribution in [0.4, 0.5) is 0 Å². The summed E-state index contributed by atoms with van der Waals surface area (Å²) in [5, 5.41) is 0. The number of rotatable bonds is 4. The van der Waals surface area contributed by atoms with E-state index >= 15 is 0 Å². The quantitative estimate of drug-likeness (QED) is 0.456. The molecule has 1 nitrogen and oxygen atoms in total. The Hall–Kier alpha value is -1.11. The molecule has 0 atom stereocenters. The molecule has 0 N–H and O–H groups in total. The van der Waals surface area contributed by atoms with E-state index in [0.29, 0.717) is 0 Å². The van der Waals surface area contributed by atoms with Gasteiger partial charge in [-0.2, -0.15) is 0 Å². The summed E-state index contributed by atoms with van der Waals surface area (Å²) >= 11 is 0. The van der Waals surface area contributed by atoms with E-state index in [1.165, 1.54) is 5.57 Å². The zero-order chi connectivity index (χ0) is 10.1. The van der Waals surface area contributed by atoms with Gasteiger partial charge >= 0.3 is 0 Å². The van der Waals surface area contributed by atoms with Gasteiger partial charge in [0, 0.05) is 6.21 Å². The Morgan fingerprint density at radius 2 is 2.00 bits per heavy atom. The van der Waals surface area contributed by atoms with Crippen LogP contribution < -0.4 is 0 Å². The van der Waals surface area contributed by atoms with Crippen molar-refractivity contribution in [1.29, 1.82) is 0 Å². The highest BCUT2D eigenvalue weighted by molar-refractivity contribution is 5.73. The molecule has 0 saturated carbocycles. The summed E-state index contributed by atoms with van der Waals surface area (Å²) in [4.78, 5) is 4.29. The zero-order valence-electron chi connectivity index (χ0n) is 9.04. The van der Waals surface area contributed by atoms with E-state index in [-0.39, 0.29) is 0 Å². The average molecular weight is 177 g/mol. The normalized spacial score (nSPS) is 14.8. The molecule has 0 fully saturated rings. The lowest BCUT2D eigenvalue weighted by molar-refractivity contribution is 1.10. The molecule has 1 heteroatoms. The smallest absolute Gasteiger partial charge is 0.0583 e. The number of hydrogen-bond acceptors (Lipinski definition) is 1. The van der Waals surface area contributed by atoms with E-state index < -0.39 is 0 Å². The summed E-state index contributed by atoms with van der Waals surface area (Å²) in [5.41, 5.74) is 2.35. The van der Waals surface area contributed by atoms with Crippen molar-refractivity contribution in [2.45, 2.75) is 34.1 Å². The predicted octanol–water partition coefficient (Wildman–Crippen LogP) is 3.89. The van der Waals surface area contributed by atoms with Gasteiger partial charge in [0.05, 0.1) is 5.70 Å². The fourth-order valence-corrected chi connectivity index (χ4v) is 0.753. The van der Waals surface area contributed by atoms with Crippen LogP contribution in [0, 0.1) is 0 Å². The molecule has 0 unspecified atom stereocenters. The predicted molar refractivity (Wildman–Crippen MR) is 61.1 cm³/mol. The highest BCUT2D eigenvalue weighted by Crippen LogP contribution is 1.99. The summed E-state index contributed by atoms with van der Waals surface area (Å²) in [6.07, 6.45) is 11.0. The van der Waals surface area contributed by atoms with Crippen molar-refractivity contribution >= 4 is 6.21 Å². The highest BCUT2D eigenvalue weighted by atomic mass is 14.7. The van der Waals surface area contributed by atoms with E-state index in [0.717, 1.165) is 12.1 Å². The molecule has 0 heterocycles. The van der Waals surface area contributed by atoms with Crippen molar-refractivity contribution in [1.82, 2.24) is 0 Å². The van der Waals surface area contributed by atoms with Gasteiger partial charge < -0.3 is 0 Å². The number of hydrogen-bond donors (Lipinski definition) is 0. The molecule has 0 amide bonds.